The third-order valence-corrected chi connectivity index (χ3v) is 7.48. The van der Waals surface area contributed by atoms with Gasteiger partial charge in [-0.25, -0.2) is 14.1 Å². The SMILES string of the molecule is CS(=O)CCOc1ccc(N2CCN(CCn3ncc4c3nc(N)n3nc(-c5ccco5)nc43)CC2)c(F)c1. The Labute approximate surface area is 225 Å². The van der Waals surface area contributed by atoms with Crippen molar-refractivity contribution in [2.75, 3.05) is 62.0 Å². The van der Waals surface area contributed by atoms with E-state index in [-0.39, 0.29) is 11.8 Å². The molecule has 1 saturated heterocycles. The van der Waals surface area contributed by atoms with Crippen molar-refractivity contribution in [3.8, 4) is 17.3 Å². The van der Waals surface area contributed by atoms with Crippen molar-refractivity contribution in [1.82, 2.24) is 34.3 Å². The van der Waals surface area contributed by atoms with E-state index in [2.05, 4.69) is 25.1 Å². The van der Waals surface area contributed by atoms with Crippen molar-refractivity contribution < 1.29 is 17.8 Å². The monoisotopic (exact) mass is 553 g/mol. The Balaban J connectivity index is 1.08. The summed E-state index contributed by atoms with van der Waals surface area (Å²) in [6.07, 6.45) is 4.91. The lowest BCUT2D eigenvalue weighted by atomic mass is 10.2. The second kappa shape index (κ2) is 10.6. The molecule has 5 heterocycles. The van der Waals surface area contributed by atoms with Crippen molar-refractivity contribution in [1.29, 1.82) is 0 Å². The van der Waals surface area contributed by atoms with Gasteiger partial charge in [-0.1, -0.05) is 0 Å². The maximum absolute atomic E-state index is 14.8. The Bertz CT molecular complexity index is 1630. The number of halogens is 1. The molecule has 4 aromatic heterocycles. The van der Waals surface area contributed by atoms with Crippen molar-refractivity contribution in [3.63, 3.8) is 0 Å². The number of rotatable bonds is 9. The molecule has 1 aliphatic heterocycles. The van der Waals surface area contributed by atoms with E-state index in [1.807, 2.05) is 9.58 Å². The van der Waals surface area contributed by atoms with Crippen molar-refractivity contribution in [3.05, 3.63) is 48.6 Å². The van der Waals surface area contributed by atoms with Crippen LogP contribution in [0.25, 0.3) is 28.3 Å². The van der Waals surface area contributed by atoms with Gasteiger partial charge in [0.05, 0.1) is 42.4 Å². The molecule has 5 aromatic rings. The molecule has 14 heteroatoms. The smallest absolute Gasteiger partial charge is 0.225 e. The van der Waals surface area contributed by atoms with E-state index in [9.17, 15) is 8.60 Å². The summed E-state index contributed by atoms with van der Waals surface area (Å²) in [6.45, 7) is 4.65. The normalized spacial score (nSPS) is 15.4. The van der Waals surface area contributed by atoms with Gasteiger partial charge in [0.2, 0.25) is 11.8 Å². The fraction of sp³-hybridized carbons (Fsp3) is 0.360. The highest BCUT2D eigenvalue weighted by atomic mass is 32.2. The molecule has 0 radical (unpaired) electrons. The molecule has 1 atom stereocenters. The maximum atomic E-state index is 14.8. The third-order valence-electron chi connectivity index (χ3n) is 6.74. The summed E-state index contributed by atoms with van der Waals surface area (Å²) >= 11 is 0. The van der Waals surface area contributed by atoms with Crippen molar-refractivity contribution in [2.24, 2.45) is 0 Å². The summed E-state index contributed by atoms with van der Waals surface area (Å²) in [5, 5.41) is 9.71. The number of ether oxygens (including phenoxy) is 1. The predicted octanol–water partition coefficient (Wildman–Crippen LogP) is 2.03. The molecule has 204 valence electrons. The van der Waals surface area contributed by atoms with Gasteiger partial charge in [-0.2, -0.15) is 14.6 Å². The van der Waals surface area contributed by atoms with E-state index in [1.54, 1.807) is 43.0 Å². The molecule has 0 aliphatic carbocycles. The summed E-state index contributed by atoms with van der Waals surface area (Å²) in [5.74, 6) is 1.74. The molecule has 0 bridgehead atoms. The highest BCUT2D eigenvalue weighted by molar-refractivity contribution is 7.84. The molecule has 1 unspecified atom stereocenters. The van der Waals surface area contributed by atoms with Gasteiger partial charge in [-0.3, -0.25) is 9.11 Å². The Morgan fingerprint density at radius 2 is 1.97 bits per heavy atom. The summed E-state index contributed by atoms with van der Waals surface area (Å²) in [4.78, 5) is 13.5. The molecular weight excluding hydrogens is 525 g/mol. The molecule has 0 amide bonds. The van der Waals surface area contributed by atoms with Crippen LogP contribution in [-0.2, 0) is 17.3 Å². The van der Waals surface area contributed by atoms with Crippen LogP contribution < -0.4 is 15.4 Å². The van der Waals surface area contributed by atoms with Crippen molar-refractivity contribution >= 4 is 39.1 Å². The summed E-state index contributed by atoms with van der Waals surface area (Å²) in [6, 6.07) is 8.47. The molecule has 0 spiro atoms. The van der Waals surface area contributed by atoms with Gasteiger partial charge < -0.3 is 19.8 Å². The molecule has 12 nitrogen and oxygen atoms in total. The van der Waals surface area contributed by atoms with Crippen molar-refractivity contribution in [2.45, 2.75) is 6.54 Å². The fourth-order valence-corrected chi connectivity index (χ4v) is 5.01. The number of hydrogen-bond acceptors (Lipinski definition) is 10. The topological polar surface area (TPSA) is 133 Å². The van der Waals surface area contributed by atoms with E-state index < -0.39 is 10.8 Å². The number of fused-ring (bicyclic) bond motifs is 3. The van der Waals surface area contributed by atoms with E-state index in [0.717, 1.165) is 25.0 Å². The van der Waals surface area contributed by atoms with Gasteiger partial charge in [-0.05, 0) is 24.3 Å². The van der Waals surface area contributed by atoms with E-state index in [4.69, 9.17) is 14.9 Å². The number of nitrogens with zero attached hydrogens (tertiary/aromatic N) is 8. The van der Waals surface area contributed by atoms with E-state index in [1.165, 1.54) is 10.6 Å². The first-order valence-corrected chi connectivity index (χ1v) is 14.3. The Morgan fingerprint density at radius 1 is 1.13 bits per heavy atom. The van der Waals surface area contributed by atoms with E-state index >= 15 is 0 Å². The van der Waals surface area contributed by atoms with Crippen LogP contribution in [0.2, 0.25) is 0 Å². The van der Waals surface area contributed by atoms with Gasteiger partial charge in [0.15, 0.2) is 17.1 Å². The molecule has 1 aromatic carbocycles. The number of piperazine rings is 1. The summed E-state index contributed by atoms with van der Waals surface area (Å²) in [5.41, 5.74) is 7.97. The number of anilines is 2. The first kappa shape index (κ1) is 25.2. The lowest BCUT2D eigenvalue weighted by Crippen LogP contribution is -2.47. The molecular formula is C25H28FN9O3S. The lowest BCUT2D eigenvalue weighted by Gasteiger charge is -2.36. The number of furan rings is 1. The third kappa shape index (κ3) is 5.16. The highest BCUT2D eigenvalue weighted by Crippen LogP contribution is 2.26. The zero-order valence-corrected chi connectivity index (χ0v) is 22.2. The minimum absolute atomic E-state index is 0.219. The Kier molecular flexibility index (Phi) is 6.87. The standard InChI is InChI=1S/C25H28FN9O3S/c1-39(36)14-13-37-17-4-5-20(19(26)15-17)33-9-6-32(7-10-33)8-11-34-23-18(16-28-34)24-29-22(21-3-2-12-38-21)31-35(24)25(27)30-23/h2-5,12,15-16H,6-11,13-14H2,1H3,(H2,27,30). The number of nitrogen functional groups attached to an aromatic ring is 1. The number of aromatic nitrogens is 6. The van der Waals surface area contributed by atoms with Crippen LogP contribution >= 0.6 is 0 Å². The van der Waals surface area contributed by atoms with Gasteiger partial charge in [0.1, 0.15) is 11.6 Å². The number of hydrogen-bond donors (Lipinski definition) is 1. The molecule has 6 rings (SSSR count). The van der Waals surface area contributed by atoms with Crippen LogP contribution in [0.5, 0.6) is 5.75 Å². The van der Waals surface area contributed by atoms with Gasteiger partial charge >= 0.3 is 0 Å². The summed E-state index contributed by atoms with van der Waals surface area (Å²) < 4.78 is 40.2. The zero-order chi connectivity index (χ0) is 26.9. The number of nitrogens with two attached hydrogens (primary N) is 1. The van der Waals surface area contributed by atoms with Crippen LogP contribution in [0.4, 0.5) is 16.0 Å². The Morgan fingerprint density at radius 3 is 2.72 bits per heavy atom. The minimum atomic E-state index is -0.942. The van der Waals surface area contributed by atoms with E-state index in [0.29, 0.717) is 66.3 Å². The average molecular weight is 554 g/mol. The predicted molar refractivity (Wildman–Crippen MR) is 146 cm³/mol. The second-order valence-corrected chi connectivity index (χ2v) is 10.8. The van der Waals surface area contributed by atoms with Crippen LogP contribution in [0, 0.1) is 5.82 Å². The second-order valence-electron chi connectivity index (χ2n) is 9.29. The molecule has 0 saturated carbocycles. The fourth-order valence-electron chi connectivity index (χ4n) is 4.69. The highest BCUT2D eigenvalue weighted by Gasteiger charge is 2.21. The first-order chi connectivity index (χ1) is 19.0. The largest absolute Gasteiger partial charge is 0.493 e. The number of benzene rings is 1. The maximum Gasteiger partial charge on any atom is 0.225 e. The summed E-state index contributed by atoms with van der Waals surface area (Å²) in [7, 11) is -0.942. The minimum Gasteiger partial charge on any atom is -0.493 e. The quantitative estimate of drug-likeness (QED) is 0.289. The van der Waals surface area contributed by atoms with Gasteiger partial charge in [0.25, 0.3) is 0 Å². The van der Waals surface area contributed by atoms with Crippen LogP contribution in [-0.4, -0.2) is 89.8 Å². The molecule has 1 aliphatic rings. The van der Waals surface area contributed by atoms with Crippen LogP contribution in [0.15, 0.2) is 47.2 Å². The average Bonchev–Trinajstić information content (AvgIpc) is 3.68. The molecule has 2 N–H and O–H groups in total. The Hall–Kier alpha value is -4.04. The van der Waals surface area contributed by atoms with Crippen LogP contribution in [0.1, 0.15) is 0 Å². The lowest BCUT2D eigenvalue weighted by molar-refractivity contribution is 0.245. The van der Waals surface area contributed by atoms with Gasteiger partial charge in [-0.15, -0.1) is 5.10 Å². The zero-order valence-electron chi connectivity index (χ0n) is 21.4. The first-order valence-electron chi connectivity index (χ1n) is 12.6. The van der Waals surface area contributed by atoms with Crippen LogP contribution in [0.3, 0.4) is 0 Å². The molecule has 39 heavy (non-hydrogen) atoms. The van der Waals surface area contributed by atoms with Gasteiger partial charge in [0, 0.05) is 55.8 Å². The molecule has 1 fully saturated rings.